The first-order valence-electron chi connectivity index (χ1n) is 4.19. The zero-order chi connectivity index (χ0) is 10.1. The molecule has 0 aliphatic heterocycles. The molecule has 0 unspecified atom stereocenters. The van der Waals surface area contributed by atoms with Gasteiger partial charge in [-0.1, -0.05) is 26.8 Å². The van der Waals surface area contributed by atoms with Crippen LogP contribution in [0.15, 0.2) is 18.2 Å². The maximum atomic E-state index is 9.28. The van der Waals surface area contributed by atoms with Crippen molar-refractivity contribution in [2.45, 2.75) is 26.2 Å². The monoisotopic (exact) mass is 175 g/mol. The second kappa shape index (κ2) is 3.10. The van der Waals surface area contributed by atoms with Crippen molar-refractivity contribution in [3.05, 3.63) is 29.3 Å². The molecule has 0 aromatic heterocycles. The number of rotatable bonds is 0. The van der Waals surface area contributed by atoms with Gasteiger partial charge in [-0.3, -0.25) is 0 Å². The van der Waals surface area contributed by atoms with Gasteiger partial charge in [-0.05, 0) is 23.1 Å². The highest BCUT2D eigenvalue weighted by Crippen LogP contribution is 2.26. The molecule has 68 valence electrons. The topological polar surface area (TPSA) is 44.0 Å². The summed E-state index contributed by atoms with van der Waals surface area (Å²) >= 11 is 0. The van der Waals surface area contributed by atoms with Crippen molar-refractivity contribution in [1.82, 2.24) is 0 Å². The van der Waals surface area contributed by atoms with Crippen LogP contribution in [0.2, 0.25) is 0 Å². The highest BCUT2D eigenvalue weighted by atomic mass is 16.3. The van der Waals surface area contributed by atoms with Crippen molar-refractivity contribution in [1.29, 1.82) is 5.26 Å². The lowest BCUT2D eigenvalue weighted by Crippen LogP contribution is -2.10. The molecular weight excluding hydrogens is 162 g/mol. The van der Waals surface area contributed by atoms with Gasteiger partial charge in [-0.25, -0.2) is 0 Å². The van der Waals surface area contributed by atoms with Gasteiger partial charge in [0.25, 0.3) is 0 Å². The van der Waals surface area contributed by atoms with Crippen LogP contribution < -0.4 is 0 Å². The third-order valence-electron chi connectivity index (χ3n) is 1.98. The molecule has 2 nitrogen and oxygen atoms in total. The fourth-order valence-electron chi connectivity index (χ4n) is 1.09. The number of hydrogen-bond donors (Lipinski definition) is 1. The van der Waals surface area contributed by atoms with E-state index < -0.39 is 0 Å². The number of phenols is 1. The molecule has 0 saturated heterocycles. The summed E-state index contributed by atoms with van der Waals surface area (Å²) in [5.41, 5.74) is 1.41. The molecule has 0 aliphatic carbocycles. The summed E-state index contributed by atoms with van der Waals surface area (Å²) < 4.78 is 0. The smallest absolute Gasteiger partial charge is 0.133 e. The second-order valence-electron chi connectivity index (χ2n) is 4.09. The van der Waals surface area contributed by atoms with Crippen molar-refractivity contribution in [2.24, 2.45) is 0 Å². The van der Waals surface area contributed by atoms with E-state index in [1.54, 1.807) is 12.1 Å². The van der Waals surface area contributed by atoms with Crippen LogP contribution in [0, 0.1) is 11.3 Å². The van der Waals surface area contributed by atoms with E-state index >= 15 is 0 Å². The van der Waals surface area contributed by atoms with Crippen LogP contribution in [0.1, 0.15) is 31.9 Å². The third kappa shape index (κ3) is 2.00. The van der Waals surface area contributed by atoms with Gasteiger partial charge in [-0.2, -0.15) is 5.26 Å². The van der Waals surface area contributed by atoms with E-state index in [0.717, 1.165) is 5.56 Å². The van der Waals surface area contributed by atoms with Gasteiger partial charge in [0.15, 0.2) is 0 Å². The van der Waals surface area contributed by atoms with E-state index in [4.69, 9.17) is 5.26 Å². The molecule has 0 fully saturated rings. The fraction of sp³-hybridized carbons (Fsp3) is 0.364. The predicted molar refractivity (Wildman–Crippen MR) is 51.5 cm³/mol. The molecule has 0 atom stereocenters. The Morgan fingerprint density at radius 3 is 2.38 bits per heavy atom. The SMILES string of the molecule is CC(C)(C)c1ccc(O)c(C#N)c1. The Kier molecular flexibility index (Phi) is 2.29. The minimum absolute atomic E-state index is 0.0132. The molecular formula is C11H13NO. The van der Waals surface area contributed by atoms with E-state index in [1.165, 1.54) is 0 Å². The zero-order valence-electron chi connectivity index (χ0n) is 8.13. The van der Waals surface area contributed by atoms with Crippen LogP contribution in [-0.2, 0) is 5.41 Å². The summed E-state index contributed by atoms with van der Waals surface area (Å²) in [6.45, 7) is 6.21. The third-order valence-corrected chi connectivity index (χ3v) is 1.98. The quantitative estimate of drug-likeness (QED) is 0.658. The lowest BCUT2D eigenvalue weighted by molar-refractivity contribution is 0.472. The molecule has 0 spiro atoms. The first-order chi connectivity index (χ1) is 5.95. The molecule has 2 heteroatoms. The molecule has 13 heavy (non-hydrogen) atoms. The molecule has 0 amide bonds. The number of hydrogen-bond acceptors (Lipinski definition) is 2. The molecule has 1 aromatic rings. The summed E-state index contributed by atoms with van der Waals surface area (Å²) in [7, 11) is 0. The average Bonchev–Trinajstić information content (AvgIpc) is 2.03. The number of nitrogens with zero attached hydrogens (tertiary/aromatic N) is 1. The molecule has 0 bridgehead atoms. The first-order valence-corrected chi connectivity index (χ1v) is 4.19. The fourth-order valence-corrected chi connectivity index (χ4v) is 1.09. The molecule has 1 aromatic carbocycles. The summed E-state index contributed by atoms with van der Waals surface area (Å²) in [6, 6.07) is 7.10. The highest BCUT2D eigenvalue weighted by molar-refractivity contribution is 5.45. The minimum atomic E-state index is 0.0132. The number of aromatic hydroxyl groups is 1. The van der Waals surface area contributed by atoms with Crippen molar-refractivity contribution in [3.63, 3.8) is 0 Å². The Morgan fingerprint density at radius 2 is 1.92 bits per heavy atom. The first kappa shape index (κ1) is 9.60. The Bertz CT molecular complexity index is 355. The predicted octanol–water partition coefficient (Wildman–Crippen LogP) is 2.56. The van der Waals surface area contributed by atoms with Crippen molar-refractivity contribution in [2.75, 3.05) is 0 Å². The summed E-state index contributed by atoms with van der Waals surface area (Å²) in [6.07, 6.45) is 0. The van der Waals surface area contributed by atoms with Crippen LogP contribution in [0.25, 0.3) is 0 Å². The maximum Gasteiger partial charge on any atom is 0.133 e. The zero-order valence-corrected chi connectivity index (χ0v) is 8.13. The van der Waals surface area contributed by atoms with Crippen LogP contribution in [0.4, 0.5) is 0 Å². The van der Waals surface area contributed by atoms with E-state index in [0.29, 0.717) is 5.56 Å². The van der Waals surface area contributed by atoms with Gasteiger partial charge in [-0.15, -0.1) is 0 Å². The number of nitriles is 1. The van der Waals surface area contributed by atoms with Gasteiger partial charge >= 0.3 is 0 Å². The van der Waals surface area contributed by atoms with Crippen LogP contribution in [0.3, 0.4) is 0 Å². The molecule has 0 saturated carbocycles. The van der Waals surface area contributed by atoms with Gasteiger partial charge < -0.3 is 5.11 Å². The lowest BCUT2D eigenvalue weighted by Gasteiger charge is -2.19. The Balaban J connectivity index is 3.24. The van der Waals surface area contributed by atoms with Crippen molar-refractivity contribution < 1.29 is 5.11 Å². The summed E-state index contributed by atoms with van der Waals surface area (Å²) in [5.74, 6) is 0.0514. The Labute approximate surface area is 78.4 Å². The van der Waals surface area contributed by atoms with Gasteiger partial charge in [0.2, 0.25) is 0 Å². The molecule has 1 N–H and O–H groups in total. The van der Waals surface area contributed by atoms with E-state index in [2.05, 4.69) is 20.8 Å². The summed E-state index contributed by atoms with van der Waals surface area (Å²) in [5, 5.41) is 18.0. The van der Waals surface area contributed by atoms with Crippen molar-refractivity contribution >= 4 is 0 Å². The minimum Gasteiger partial charge on any atom is -0.507 e. The number of phenolic OH excluding ortho intramolecular Hbond substituents is 1. The number of benzene rings is 1. The van der Waals surface area contributed by atoms with Gasteiger partial charge in [0.05, 0.1) is 5.56 Å². The maximum absolute atomic E-state index is 9.28. The van der Waals surface area contributed by atoms with E-state index in [-0.39, 0.29) is 11.2 Å². The molecule has 0 heterocycles. The van der Waals surface area contributed by atoms with E-state index in [1.807, 2.05) is 12.1 Å². The van der Waals surface area contributed by atoms with Crippen molar-refractivity contribution in [3.8, 4) is 11.8 Å². The summed E-state index contributed by atoms with van der Waals surface area (Å²) in [4.78, 5) is 0. The van der Waals surface area contributed by atoms with E-state index in [9.17, 15) is 5.11 Å². The second-order valence-corrected chi connectivity index (χ2v) is 4.09. The normalized spacial score (nSPS) is 10.9. The molecule has 0 radical (unpaired) electrons. The standard InChI is InChI=1S/C11H13NO/c1-11(2,3)9-4-5-10(13)8(6-9)7-12/h4-6,13H,1-3H3. The van der Waals surface area contributed by atoms with Crippen LogP contribution in [-0.4, -0.2) is 5.11 Å². The Hall–Kier alpha value is -1.49. The average molecular weight is 175 g/mol. The van der Waals surface area contributed by atoms with Gasteiger partial charge in [0, 0.05) is 0 Å². The molecule has 0 aliphatic rings. The highest BCUT2D eigenvalue weighted by Gasteiger charge is 2.14. The molecule has 1 rings (SSSR count). The van der Waals surface area contributed by atoms with Crippen LogP contribution >= 0.6 is 0 Å². The van der Waals surface area contributed by atoms with Gasteiger partial charge in [0.1, 0.15) is 11.8 Å². The van der Waals surface area contributed by atoms with Crippen LogP contribution in [0.5, 0.6) is 5.75 Å². The largest absolute Gasteiger partial charge is 0.507 e. The Morgan fingerprint density at radius 1 is 1.31 bits per heavy atom. The lowest BCUT2D eigenvalue weighted by atomic mass is 9.86.